The number of amides is 1. The summed E-state index contributed by atoms with van der Waals surface area (Å²) < 4.78 is 33.8. The number of nitrogens with one attached hydrogen (secondary N) is 1. The molecule has 0 saturated heterocycles. The number of ether oxygens (including phenoxy) is 1. The van der Waals surface area contributed by atoms with Crippen molar-refractivity contribution >= 4 is 11.6 Å². The molecule has 1 N–H and O–H groups in total. The Morgan fingerprint density at radius 3 is 2.47 bits per heavy atom. The monoisotopic (exact) mass is 436 g/mol. The second-order valence-corrected chi connectivity index (χ2v) is 7.23. The first-order chi connectivity index (χ1) is 15.5. The topological polar surface area (TPSA) is 68.5 Å². The van der Waals surface area contributed by atoms with E-state index in [-0.39, 0.29) is 22.9 Å². The van der Waals surface area contributed by atoms with E-state index in [2.05, 4.69) is 15.4 Å². The van der Waals surface area contributed by atoms with Crippen LogP contribution in [0.5, 0.6) is 5.75 Å². The van der Waals surface area contributed by atoms with Crippen LogP contribution in [0, 0.1) is 0 Å². The predicted molar refractivity (Wildman–Crippen MR) is 117 cm³/mol. The minimum Gasteiger partial charge on any atom is -0.497 e. The van der Waals surface area contributed by atoms with E-state index in [0.717, 1.165) is 10.1 Å². The number of hydrogen-bond donors (Lipinski definition) is 1. The molecule has 32 heavy (non-hydrogen) atoms. The highest BCUT2D eigenvalue weighted by Gasteiger charge is 2.23. The van der Waals surface area contributed by atoms with E-state index in [1.807, 2.05) is 37.3 Å². The number of carbonyl (C=O) groups is 1. The average molecular weight is 436 g/mol. The van der Waals surface area contributed by atoms with Gasteiger partial charge in [-0.15, -0.1) is 0 Å². The number of halogens is 2. The van der Waals surface area contributed by atoms with Crippen LogP contribution < -0.4 is 10.1 Å². The molecule has 0 aliphatic carbocycles. The van der Waals surface area contributed by atoms with Gasteiger partial charge in [-0.2, -0.15) is 5.10 Å². The maximum atomic E-state index is 13.8. The third-order valence-electron chi connectivity index (χ3n) is 5.27. The summed E-state index contributed by atoms with van der Waals surface area (Å²) in [7, 11) is 1.55. The zero-order valence-corrected chi connectivity index (χ0v) is 17.6. The van der Waals surface area contributed by atoms with Crippen molar-refractivity contribution < 1.29 is 18.3 Å². The van der Waals surface area contributed by atoms with Crippen LogP contribution in [0.2, 0.25) is 0 Å². The van der Waals surface area contributed by atoms with Crippen molar-refractivity contribution in [3.05, 3.63) is 83.7 Å². The summed E-state index contributed by atoms with van der Waals surface area (Å²) in [5, 5.41) is 6.99. The van der Waals surface area contributed by atoms with Gasteiger partial charge in [-0.25, -0.2) is 18.3 Å². The lowest BCUT2D eigenvalue weighted by Crippen LogP contribution is -2.28. The lowest BCUT2D eigenvalue weighted by molar-refractivity contribution is 0.0936. The average Bonchev–Trinajstić information content (AvgIpc) is 3.26. The standard InChI is InChI=1S/C24H22F2N4O2/c1-3-19(15-7-5-4-6-8-15)29-24(31)18-14-27-30-21(22(25)26)13-20(28-23(18)30)16-9-11-17(32-2)12-10-16/h4-14,19,22H,3H2,1-2H3,(H,29,31). The number of aromatic nitrogens is 3. The first-order valence-corrected chi connectivity index (χ1v) is 10.2. The highest BCUT2D eigenvalue weighted by molar-refractivity contribution is 6.00. The Balaban J connectivity index is 1.75. The Kier molecular flexibility index (Phi) is 6.11. The number of fused-ring (bicyclic) bond motifs is 1. The smallest absolute Gasteiger partial charge is 0.280 e. The van der Waals surface area contributed by atoms with Gasteiger partial charge in [-0.3, -0.25) is 4.79 Å². The van der Waals surface area contributed by atoms with Gasteiger partial charge in [0.2, 0.25) is 0 Å². The maximum Gasteiger partial charge on any atom is 0.280 e. The van der Waals surface area contributed by atoms with Crippen molar-refractivity contribution in [3.8, 4) is 17.0 Å². The van der Waals surface area contributed by atoms with Gasteiger partial charge >= 0.3 is 0 Å². The Morgan fingerprint density at radius 1 is 1.12 bits per heavy atom. The number of rotatable bonds is 7. The fourth-order valence-electron chi connectivity index (χ4n) is 3.55. The summed E-state index contributed by atoms with van der Waals surface area (Å²) in [5.41, 5.74) is 1.78. The molecule has 2 aromatic carbocycles. The minimum absolute atomic E-state index is 0.0778. The number of carbonyl (C=O) groups excluding carboxylic acids is 1. The van der Waals surface area contributed by atoms with E-state index < -0.39 is 12.3 Å². The van der Waals surface area contributed by atoms with Crippen LogP contribution in [0.1, 0.15) is 47.4 Å². The van der Waals surface area contributed by atoms with Crippen LogP contribution in [-0.2, 0) is 0 Å². The van der Waals surface area contributed by atoms with Gasteiger partial charge in [0.15, 0.2) is 5.65 Å². The zero-order valence-electron chi connectivity index (χ0n) is 17.6. The number of benzene rings is 2. The fraction of sp³-hybridized carbons (Fsp3) is 0.208. The Labute approximate surface area is 183 Å². The molecule has 0 aliphatic rings. The SMILES string of the molecule is CCC(NC(=O)c1cnn2c(C(F)F)cc(-c3ccc(OC)cc3)nc12)c1ccccc1. The van der Waals surface area contributed by atoms with Crippen molar-refractivity contribution in [1.82, 2.24) is 19.9 Å². The maximum absolute atomic E-state index is 13.8. The molecule has 1 atom stereocenters. The van der Waals surface area contributed by atoms with Crippen LogP contribution in [0.15, 0.2) is 66.9 Å². The van der Waals surface area contributed by atoms with E-state index in [9.17, 15) is 13.6 Å². The number of nitrogens with zero attached hydrogens (tertiary/aromatic N) is 3. The Bertz CT molecular complexity index is 1220. The van der Waals surface area contributed by atoms with Gasteiger partial charge in [0.1, 0.15) is 17.0 Å². The van der Waals surface area contributed by atoms with Gasteiger partial charge in [-0.1, -0.05) is 37.3 Å². The summed E-state index contributed by atoms with van der Waals surface area (Å²) in [6.07, 6.45) is -0.845. The fourth-order valence-corrected chi connectivity index (χ4v) is 3.55. The van der Waals surface area contributed by atoms with Gasteiger partial charge in [0.05, 0.1) is 25.0 Å². The molecule has 0 bridgehead atoms. The quantitative estimate of drug-likeness (QED) is 0.431. The summed E-state index contributed by atoms with van der Waals surface area (Å²) >= 11 is 0. The molecule has 2 heterocycles. The molecule has 0 spiro atoms. The van der Waals surface area contributed by atoms with E-state index in [1.165, 1.54) is 12.3 Å². The molecule has 0 saturated carbocycles. The van der Waals surface area contributed by atoms with Crippen molar-refractivity contribution in [1.29, 1.82) is 0 Å². The number of methoxy groups -OCH3 is 1. The van der Waals surface area contributed by atoms with Crippen molar-refractivity contribution in [2.75, 3.05) is 7.11 Å². The van der Waals surface area contributed by atoms with Gasteiger partial charge in [0, 0.05) is 5.56 Å². The molecule has 1 unspecified atom stereocenters. The molecule has 8 heteroatoms. The molecular weight excluding hydrogens is 414 g/mol. The van der Waals surface area contributed by atoms with E-state index in [1.54, 1.807) is 31.4 Å². The largest absolute Gasteiger partial charge is 0.497 e. The number of alkyl halides is 2. The molecule has 0 aliphatic heterocycles. The third-order valence-corrected chi connectivity index (χ3v) is 5.27. The first-order valence-electron chi connectivity index (χ1n) is 10.2. The summed E-state index contributed by atoms with van der Waals surface area (Å²) in [6.45, 7) is 1.96. The predicted octanol–water partition coefficient (Wildman–Crippen LogP) is 5.22. The minimum atomic E-state index is -2.79. The lowest BCUT2D eigenvalue weighted by atomic mass is 10.0. The van der Waals surface area contributed by atoms with Gasteiger partial charge < -0.3 is 10.1 Å². The van der Waals surface area contributed by atoms with Gasteiger partial charge in [-0.05, 0) is 42.3 Å². The molecular formula is C24H22F2N4O2. The highest BCUT2D eigenvalue weighted by atomic mass is 19.3. The molecule has 6 nitrogen and oxygen atoms in total. The van der Waals surface area contributed by atoms with E-state index in [0.29, 0.717) is 23.4 Å². The molecule has 1 amide bonds. The van der Waals surface area contributed by atoms with Crippen LogP contribution in [-0.4, -0.2) is 27.6 Å². The Morgan fingerprint density at radius 2 is 1.84 bits per heavy atom. The third kappa shape index (κ3) is 4.16. The second-order valence-electron chi connectivity index (χ2n) is 7.23. The molecule has 4 aromatic rings. The summed E-state index contributed by atoms with van der Waals surface area (Å²) in [4.78, 5) is 17.6. The van der Waals surface area contributed by atoms with E-state index >= 15 is 0 Å². The second kappa shape index (κ2) is 9.13. The van der Waals surface area contributed by atoms with Crippen LogP contribution in [0.3, 0.4) is 0 Å². The lowest BCUT2D eigenvalue weighted by Gasteiger charge is -2.17. The Hall–Kier alpha value is -3.81. The van der Waals surface area contributed by atoms with E-state index in [4.69, 9.17) is 4.74 Å². The van der Waals surface area contributed by atoms with Crippen LogP contribution in [0.4, 0.5) is 8.78 Å². The first kappa shape index (κ1) is 21.4. The van der Waals surface area contributed by atoms with Crippen molar-refractivity contribution in [3.63, 3.8) is 0 Å². The molecule has 2 aromatic heterocycles. The molecule has 0 radical (unpaired) electrons. The van der Waals surface area contributed by atoms with Crippen molar-refractivity contribution in [2.24, 2.45) is 0 Å². The highest BCUT2D eigenvalue weighted by Crippen LogP contribution is 2.28. The molecule has 164 valence electrons. The van der Waals surface area contributed by atoms with Gasteiger partial charge in [0.25, 0.3) is 12.3 Å². The number of hydrogen-bond acceptors (Lipinski definition) is 4. The molecule has 0 fully saturated rings. The van der Waals surface area contributed by atoms with Crippen molar-refractivity contribution in [2.45, 2.75) is 25.8 Å². The van der Waals surface area contributed by atoms with Crippen LogP contribution in [0.25, 0.3) is 16.9 Å². The van der Waals surface area contributed by atoms with Crippen LogP contribution >= 0.6 is 0 Å². The molecule has 4 rings (SSSR count). The summed E-state index contributed by atoms with van der Waals surface area (Å²) in [5.74, 6) is 0.218. The zero-order chi connectivity index (χ0) is 22.7. The summed E-state index contributed by atoms with van der Waals surface area (Å²) in [6, 6.07) is 17.5. The normalized spacial score (nSPS) is 12.2.